The van der Waals surface area contributed by atoms with Crippen LogP contribution >= 0.6 is 0 Å². The SMILES string of the molecule is Cc1ccc(OCCn2cc(CN)nn2)c(C)c1. The van der Waals surface area contributed by atoms with E-state index in [1.165, 1.54) is 5.56 Å². The third kappa shape index (κ3) is 3.07. The second kappa shape index (κ2) is 5.64. The molecule has 2 N–H and O–H groups in total. The fourth-order valence-corrected chi connectivity index (χ4v) is 1.75. The van der Waals surface area contributed by atoms with Crippen molar-refractivity contribution in [3.8, 4) is 5.75 Å². The molecule has 0 atom stereocenters. The average Bonchev–Trinajstić information content (AvgIpc) is 2.80. The van der Waals surface area contributed by atoms with Gasteiger partial charge in [0.2, 0.25) is 0 Å². The van der Waals surface area contributed by atoms with Crippen LogP contribution in [0.25, 0.3) is 0 Å². The number of rotatable bonds is 5. The molecule has 0 saturated heterocycles. The Bertz CT molecular complexity index is 521. The molecule has 5 heteroatoms. The van der Waals surface area contributed by atoms with Crippen LogP contribution in [-0.4, -0.2) is 21.6 Å². The summed E-state index contributed by atoms with van der Waals surface area (Å²) >= 11 is 0. The summed E-state index contributed by atoms with van der Waals surface area (Å²) in [7, 11) is 0. The second-order valence-corrected chi connectivity index (χ2v) is 4.29. The van der Waals surface area contributed by atoms with Crippen molar-refractivity contribution in [1.82, 2.24) is 15.0 Å². The molecule has 0 spiro atoms. The minimum atomic E-state index is 0.415. The summed E-state index contributed by atoms with van der Waals surface area (Å²) in [6.45, 7) is 5.76. The summed E-state index contributed by atoms with van der Waals surface area (Å²) in [5.41, 5.74) is 8.65. The summed E-state index contributed by atoms with van der Waals surface area (Å²) < 4.78 is 7.46. The lowest BCUT2D eigenvalue weighted by molar-refractivity contribution is 0.288. The van der Waals surface area contributed by atoms with Gasteiger partial charge in [0.25, 0.3) is 0 Å². The molecule has 96 valence electrons. The quantitative estimate of drug-likeness (QED) is 0.866. The van der Waals surface area contributed by atoms with E-state index in [0.29, 0.717) is 19.7 Å². The minimum absolute atomic E-state index is 0.415. The van der Waals surface area contributed by atoms with Gasteiger partial charge in [0.05, 0.1) is 12.2 Å². The number of nitrogens with two attached hydrogens (primary N) is 1. The molecule has 1 heterocycles. The number of hydrogen-bond acceptors (Lipinski definition) is 4. The van der Waals surface area contributed by atoms with E-state index in [0.717, 1.165) is 17.0 Å². The summed E-state index contributed by atoms with van der Waals surface area (Å²) in [5, 5.41) is 7.88. The predicted octanol–water partition coefficient (Wildman–Crippen LogP) is 1.43. The Kier molecular flexibility index (Phi) is 3.94. The third-order valence-electron chi connectivity index (χ3n) is 2.70. The van der Waals surface area contributed by atoms with E-state index in [2.05, 4.69) is 23.3 Å². The molecule has 0 aliphatic carbocycles. The van der Waals surface area contributed by atoms with Crippen LogP contribution < -0.4 is 10.5 Å². The molecule has 0 aliphatic heterocycles. The van der Waals surface area contributed by atoms with E-state index in [1.54, 1.807) is 4.68 Å². The van der Waals surface area contributed by atoms with Gasteiger partial charge in [-0.2, -0.15) is 0 Å². The van der Waals surface area contributed by atoms with Crippen LogP contribution in [0.15, 0.2) is 24.4 Å². The van der Waals surface area contributed by atoms with Gasteiger partial charge >= 0.3 is 0 Å². The van der Waals surface area contributed by atoms with E-state index in [1.807, 2.05) is 25.3 Å². The van der Waals surface area contributed by atoms with Crippen molar-refractivity contribution in [2.24, 2.45) is 5.73 Å². The molecule has 0 amide bonds. The summed E-state index contributed by atoms with van der Waals surface area (Å²) in [4.78, 5) is 0. The Hall–Kier alpha value is -1.88. The highest BCUT2D eigenvalue weighted by molar-refractivity contribution is 5.35. The third-order valence-corrected chi connectivity index (χ3v) is 2.70. The van der Waals surface area contributed by atoms with Crippen LogP contribution in [0.4, 0.5) is 0 Å². The predicted molar refractivity (Wildman–Crippen MR) is 69.3 cm³/mol. The number of hydrogen-bond donors (Lipinski definition) is 1. The fourth-order valence-electron chi connectivity index (χ4n) is 1.75. The van der Waals surface area contributed by atoms with E-state index < -0.39 is 0 Å². The Morgan fingerprint density at radius 3 is 2.83 bits per heavy atom. The summed E-state index contributed by atoms with van der Waals surface area (Å²) in [5.74, 6) is 0.916. The van der Waals surface area contributed by atoms with Crippen LogP contribution in [0.5, 0.6) is 5.75 Å². The Morgan fingerprint density at radius 1 is 1.33 bits per heavy atom. The second-order valence-electron chi connectivity index (χ2n) is 4.29. The lowest BCUT2D eigenvalue weighted by Crippen LogP contribution is -2.09. The van der Waals surface area contributed by atoms with Crippen molar-refractivity contribution in [2.45, 2.75) is 26.9 Å². The van der Waals surface area contributed by atoms with Crippen molar-refractivity contribution in [3.05, 3.63) is 41.2 Å². The maximum absolute atomic E-state index is 5.72. The van der Waals surface area contributed by atoms with E-state index in [-0.39, 0.29) is 0 Å². The lowest BCUT2D eigenvalue weighted by atomic mass is 10.1. The largest absolute Gasteiger partial charge is 0.491 e. The molecular formula is C13H18N4O. The highest BCUT2D eigenvalue weighted by Crippen LogP contribution is 2.18. The highest BCUT2D eigenvalue weighted by atomic mass is 16.5. The van der Waals surface area contributed by atoms with Crippen molar-refractivity contribution >= 4 is 0 Å². The molecule has 0 bridgehead atoms. The van der Waals surface area contributed by atoms with Crippen molar-refractivity contribution in [1.29, 1.82) is 0 Å². The van der Waals surface area contributed by atoms with Crippen LogP contribution in [0.1, 0.15) is 16.8 Å². The van der Waals surface area contributed by atoms with E-state index in [9.17, 15) is 0 Å². The number of nitrogens with zero attached hydrogens (tertiary/aromatic N) is 3. The first-order valence-electron chi connectivity index (χ1n) is 5.98. The first-order chi connectivity index (χ1) is 8.69. The average molecular weight is 246 g/mol. The Labute approximate surface area is 107 Å². The standard InChI is InChI=1S/C13H18N4O/c1-10-3-4-13(11(2)7-10)18-6-5-17-9-12(8-14)15-16-17/h3-4,7,9H,5-6,8,14H2,1-2H3. The van der Waals surface area contributed by atoms with Gasteiger partial charge in [0.1, 0.15) is 12.4 Å². The van der Waals surface area contributed by atoms with E-state index >= 15 is 0 Å². The van der Waals surface area contributed by atoms with Gasteiger partial charge in [-0.1, -0.05) is 22.9 Å². The monoisotopic (exact) mass is 246 g/mol. The molecular weight excluding hydrogens is 228 g/mol. The molecule has 5 nitrogen and oxygen atoms in total. The van der Waals surface area contributed by atoms with Crippen LogP contribution in [0, 0.1) is 13.8 Å². The number of aryl methyl sites for hydroxylation is 2. The molecule has 2 rings (SSSR count). The zero-order valence-electron chi connectivity index (χ0n) is 10.8. The molecule has 1 aromatic carbocycles. The normalized spacial score (nSPS) is 10.6. The first-order valence-corrected chi connectivity index (χ1v) is 5.98. The minimum Gasteiger partial charge on any atom is -0.491 e. The molecule has 0 unspecified atom stereocenters. The van der Waals surface area contributed by atoms with Gasteiger partial charge < -0.3 is 10.5 Å². The zero-order valence-corrected chi connectivity index (χ0v) is 10.8. The van der Waals surface area contributed by atoms with Gasteiger partial charge in [0.15, 0.2) is 0 Å². The Balaban J connectivity index is 1.88. The Morgan fingerprint density at radius 2 is 2.17 bits per heavy atom. The molecule has 0 radical (unpaired) electrons. The molecule has 0 aliphatic rings. The zero-order chi connectivity index (χ0) is 13.0. The number of aromatic nitrogens is 3. The number of ether oxygens (including phenoxy) is 1. The van der Waals surface area contributed by atoms with E-state index in [4.69, 9.17) is 10.5 Å². The smallest absolute Gasteiger partial charge is 0.122 e. The van der Waals surface area contributed by atoms with Gasteiger partial charge in [-0.05, 0) is 25.5 Å². The topological polar surface area (TPSA) is 66.0 Å². The summed E-state index contributed by atoms with van der Waals surface area (Å²) in [6, 6.07) is 6.15. The maximum atomic E-state index is 5.72. The molecule has 18 heavy (non-hydrogen) atoms. The molecule has 1 aromatic heterocycles. The van der Waals surface area contributed by atoms with Crippen LogP contribution in [-0.2, 0) is 13.1 Å². The van der Waals surface area contributed by atoms with Crippen molar-refractivity contribution in [3.63, 3.8) is 0 Å². The van der Waals surface area contributed by atoms with Gasteiger partial charge in [0, 0.05) is 12.7 Å². The van der Waals surface area contributed by atoms with Gasteiger partial charge in [-0.3, -0.25) is 0 Å². The fraction of sp³-hybridized carbons (Fsp3) is 0.385. The highest BCUT2D eigenvalue weighted by Gasteiger charge is 2.01. The lowest BCUT2D eigenvalue weighted by Gasteiger charge is -2.09. The van der Waals surface area contributed by atoms with Gasteiger partial charge in [-0.15, -0.1) is 5.10 Å². The summed E-state index contributed by atoms with van der Waals surface area (Å²) in [6.07, 6.45) is 1.84. The van der Waals surface area contributed by atoms with Crippen molar-refractivity contribution < 1.29 is 4.74 Å². The van der Waals surface area contributed by atoms with Gasteiger partial charge in [-0.25, -0.2) is 4.68 Å². The molecule has 0 saturated carbocycles. The van der Waals surface area contributed by atoms with Crippen LogP contribution in [0.3, 0.4) is 0 Å². The molecule has 0 fully saturated rings. The van der Waals surface area contributed by atoms with Crippen LogP contribution in [0.2, 0.25) is 0 Å². The maximum Gasteiger partial charge on any atom is 0.122 e. The van der Waals surface area contributed by atoms with Crippen molar-refractivity contribution in [2.75, 3.05) is 6.61 Å². The molecule has 2 aromatic rings. The first kappa shape index (κ1) is 12.6. The number of benzene rings is 1.